The molecule has 4 nitrogen and oxygen atoms in total. The number of hydrogen-bond acceptors (Lipinski definition) is 3. The SMILES string of the molecule is Cl.Cn1c(N)ccnc1=O. The average molecular weight is 162 g/mol. The van der Waals surface area contributed by atoms with Crippen molar-refractivity contribution < 1.29 is 0 Å². The Morgan fingerprint density at radius 1 is 1.70 bits per heavy atom. The van der Waals surface area contributed by atoms with Crippen molar-refractivity contribution in [2.24, 2.45) is 7.05 Å². The molecule has 10 heavy (non-hydrogen) atoms. The molecule has 0 aromatic carbocycles. The van der Waals surface area contributed by atoms with Crippen molar-refractivity contribution in [3.63, 3.8) is 0 Å². The summed E-state index contributed by atoms with van der Waals surface area (Å²) in [7, 11) is 1.57. The van der Waals surface area contributed by atoms with Crippen molar-refractivity contribution in [1.82, 2.24) is 9.55 Å². The number of rotatable bonds is 0. The summed E-state index contributed by atoms with van der Waals surface area (Å²) in [5.41, 5.74) is 5.02. The largest absolute Gasteiger partial charge is 0.385 e. The Balaban J connectivity index is 0.000000810. The van der Waals surface area contributed by atoms with Gasteiger partial charge in [0.1, 0.15) is 5.82 Å². The van der Waals surface area contributed by atoms with Crippen molar-refractivity contribution in [3.8, 4) is 0 Å². The van der Waals surface area contributed by atoms with Gasteiger partial charge >= 0.3 is 5.69 Å². The van der Waals surface area contributed by atoms with Crippen LogP contribution in [0.3, 0.4) is 0 Å². The number of halogens is 1. The third-order valence-electron chi connectivity index (χ3n) is 1.10. The second-order valence-electron chi connectivity index (χ2n) is 1.71. The first kappa shape index (κ1) is 8.97. The number of nitrogens with two attached hydrogens (primary N) is 1. The fourth-order valence-electron chi connectivity index (χ4n) is 0.486. The fourth-order valence-corrected chi connectivity index (χ4v) is 0.486. The minimum Gasteiger partial charge on any atom is -0.385 e. The van der Waals surface area contributed by atoms with E-state index >= 15 is 0 Å². The summed E-state index contributed by atoms with van der Waals surface area (Å²) < 4.78 is 1.28. The summed E-state index contributed by atoms with van der Waals surface area (Å²) in [5.74, 6) is 0.426. The summed E-state index contributed by atoms with van der Waals surface area (Å²) in [6.07, 6.45) is 1.39. The topological polar surface area (TPSA) is 60.9 Å². The first-order chi connectivity index (χ1) is 4.22. The van der Waals surface area contributed by atoms with Crippen LogP contribution in [0.5, 0.6) is 0 Å². The van der Waals surface area contributed by atoms with Crippen LogP contribution < -0.4 is 11.4 Å². The lowest BCUT2D eigenvalue weighted by molar-refractivity contribution is 0.824. The summed E-state index contributed by atoms with van der Waals surface area (Å²) in [5, 5.41) is 0. The van der Waals surface area contributed by atoms with Crippen LogP contribution in [0, 0.1) is 0 Å². The van der Waals surface area contributed by atoms with Gasteiger partial charge in [0.15, 0.2) is 0 Å². The van der Waals surface area contributed by atoms with Gasteiger partial charge in [0, 0.05) is 13.2 Å². The molecule has 1 aromatic heterocycles. The zero-order valence-corrected chi connectivity index (χ0v) is 6.26. The Labute approximate surface area is 64.1 Å². The van der Waals surface area contributed by atoms with Gasteiger partial charge in [0.2, 0.25) is 0 Å². The van der Waals surface area contributed by atoms with E-state index in [1.807, 2.05) is 0 Å². The molecule has 1 aromatic rings. The van der Waals surface area contributed by atoms with E-state index < -0.39 is 0 Å². The highest BCUT2D eigenvalue weighted by molar-refractivity contribution is 5.85. The Kier molecular flexibility index (Phi) is 2.89. The maximum atomic E-state index is 10.6. The molecule has 0 saturated heterocycles. The maximum Gasteiger partial charge on any atom is 0.348 e. The monoisotopic (exact) mass is 161 g/mol. The van der Waals surface area contributed by atoms with E-state index in [0.29, 0.717) is 5.82 Å². The maximum absolute atomic E-state index is 10.6. The summed E-state index contributed by atoms with van der Waals surface area (Å²) in [6, 6.07) is 1.57. The highest BCUT2D eigenvalue weighted by atomic mass is 35.5. The Bertz CT molecular complexity index is 270. The molecule has 0 atom stereocenters. The van der Waals surface area contributed by atoms with E-state index in [1.165, 1.54) is 10.8 Å². The number of aromatic nitrogens is 2. The van der Waals surface area contributed by atoms with E-state index in [4.69, 9.17) is 5.73 Å². The van der Waals surface area contributed by atoms with Crippen LogP contribution in [0.2, 0.25) is 0 Å². The van der Waals surface area contributed by atoms with Crippen molar-refractivity contribution in [2.45, 2.75) is 0 Å². The number of nitrogen functional groups attached to an aromatic ring is 1. The highest BCUT2D eigenvalue weighted by Gasteiger charge is 1.90. The van der Waals surface area contributed by atoms with Crippen molar-refractivity contribution in [3.05, 3.63) is 22.7 Å². The molecule has 5 heteroatoms. The summed E-state index contributed by atoms with van der Waals surface area (Å²) >= 11 is 0. The minimum atomic E-state index is -0.324. The van der Waals surface area contributed by atoms with Gasteiger partial charge in [-0.15, -0.1) is 12.4 Å². The van der Waals surface area contributed by atoms with Gasteiger partial charge in [-0.25, -0.2) is 9.78 Å². The van der Waals surface area contributed by atoms with Crippen LogP contribution in [0.15, 0.2) is 17.1 Å². The third kappa shape index (κ3) is 1.48. The zero-order chi connectivity index (χ0) is 6.85. The van der Waals surface area contributed by atoms with Gasteiger partial charge < -0.3 is 5.73 Å². The van der Waals surface area contributed by atoms with Crippen molar-refractivity contribution in [2.75, 3.05) is 5.73 Å². The molecule has 56 valence electrons. The van der Waals surface area contributed by atoms with E-state index in [0.717, 1.165) is 0 Å². The molecule has 0 aliphatic heterocycles. The van der Waals surface area contributed by atoms with Crippen molar-refractivity contribution in [1.29, 1.82) is 0 Å². The first-order valence-corrected chi connectivity index (χ1v) is 2.49. The second kappa shape index (κ2) is 3.22. The molecule has 0 radical (unpaired) electrons. The molecular weight excluding hydrogens is 154 g/mol. The van der Waals surface area contributed by atoms with Gasteiger partial charge in [0.05, 0.1) is 0 Å². The van der Waals surface area contributed by atoms with E-state index in [2.05, 4.69) is 4.98 Å². The van der Waals surface area contributed by atoms with Crippen LogP contribution >= 0.6 is 12.4 Å². The molecule has 0 aliphatic carbocycles. The Morgan fingerprint density at radius 3 is 2.70 bits per heavy atom. The molecule has 0 spiro atoms. The predicted octanol–water partition coefficient (Wildman–Crippen LogP) is -0.216. The Morgan fingerprint density at radius 2 is 2.30 bits per heavy atom. The normalized spacial score (nSPS) is 8.50. The average Bonchev–Trinajstić information content (AvgIpc) is 1.83. The molecule has 0 bridgehead atoms. The molecule has 1 heterocycles. The van der Waals surface area contributed by atoms with Crippen LogP contribution in [0.1, 0.15) is 0 Å². The molecule has 0 saturated carbocycles. The zero-order valence-electron chi connectivity index (χ0n) is 5.44. The molecular formula is C5H8ClN3O. The third-order valence-corrected chi connectivity index (χ3v) is 1.10. The van der Waals surface area contributed by atoms with Crippen LogP contribution in [-0.4, -0.2) is 9.55 Å². The molecule has 0 amide bonds. The van der Waals surface area contributed by atoms with E-state index in [9.17, 15) is 4.79 Å². The Hall–Kier alpha value is -1.03. The predicted molar refractivity (Wildman–Crippen MR) is 41.1 cm³/mol. The number of nitrogens with zero attached hydrogens (tertiary/aromatic N) is 2. The summed E-state index contributed by atoms with van der Waals surface area (Å²) in [6.45, 7) is 0. The summed E-state index contributed by atoms with van der Waals surface area (Å²) in [4.78, 5) is 14.1. The first-order valence-electron chi connectivity index (χ1n) is 2.49. The molecule has 0 unspecified atom stereocenters. The van der Waals surface area contributed by atoms with Gasteiger partial charge in [-0.3, -0.25) is 4.57 Å². The van der Waals surface area contributed by atoms with Gasteiger partial charge in [-0.1, -0.05) is 0 Å². The van der Waals surface area contributed by atoms with Gasteiger partial charge in [-0.2, -0.15) is 0 Å². The van der Waals surface area contributed by atoms with Crippen LogP contribution in [0.4, 0.5) is 5.82 Å². The molecule has 1 rings (SSSR count). The quantitative estimate of drug-likeness (QED) is 0.573. The standard InChI is InChI=1S/C5H7N3O.ClH/c1-8-4(6)2-3-7-5(8)9;/h2-3H,6H2,1H3;1H. The highest BCUT2D eigenvalue weighted by Crippen LogP contribution is 1.89. The smallest absolute Gasteiger partial charge is 0.348 e. The lowest BCUT2D eigenvalue weighted by atomic mass is 10.6. The van der Waals surface area contributed by atoms with Crippen molar-refractivity contribution >= 4 is 18.2 Å². The van der Waals surface area contributed by atoms with Gasteiger partial charge in [-0.05, 0) is 6.07 Å². The molecule has 0 aliphatic rings. The fraction of sp³-hybridized carbons (Fsp3) is 0.200. The molecule has 0 fully saturated rings. The van der Waals surface area contributed by atoms with E-state index in [-0.39, 0.29) is 18.1 Å². The number of hydrogen-bond donors (Lipinski definition) is 1. The lowest BCUT2D eigenvalue weighted by Gasteiger charge is -1.97. The van der Waals surface area contributed by atoms with Crippen LogP contribution in [-0.2, 0) is 7.05 Å². The minimum absolute atomic E-state index is 0. The van der Waals surface area contributed by atoms with Gasteiger partial charge in [0.25, 0.3) is 0 Å². The lowest BCUT2D eigenvalue weighted by Crippen LogP contribution is -2.21. The molecule has 2 N–H and O–H groups in total. The number of anilines is 1. The van der Waals surface area contributed by atoms with Crippen LogP contribution in [0.25, 0.3) is 0 Å². The second-order valence-corrected chi connectivity index (χ2v) is 1.71. The van der Waals surface area contributed by atoms with E-state index in [1.54, 1.807) is 13.1 Å².